The Hall–Kier alpha value is -2.29. The summed E-state index contributed by atoms with van der Waals surface area (Å²) in [5.41, 5.74) is 6.05. The molecule has 1 rings (SSSR count). The number of carboxylic acids is 1. The number of nitrogens with two attached hydrogens (primary N) is 1. The highest BCUT2D eigenvalue weighted by atomic mass is 32.2. The van der Waals surface area contributed by atoms with Crippen LogP contribution >= 0.6 is 24.4 Å². The van der Waals surface area contributed by atoms with Gasteiger partial charge in [0.15, 0.2) is 0 Å². The van der Waals surface area contributed by atoms with E-state index in [1.807, 2.05) is 6.26 Å². The second-order valence-electron chi connectivity index (χ2n) is 6.56. The molecule has 31 heavy (non-hydrogen) atoms. The zero-order valence-electron chi connectivity index (χ0n) is 16.9. The highest BCUT2D eigenvalue weighted by Gasteiger charge is 2.30. The van der Waals surface area contributed by atoms with Crippen molar-refractivity contribution in [3.63, 3.8) is 0 Å². The van der Waals surface area contributed by atoms with Crippen molar-refractivity contribution in [1.29, 1.82) is 0 Å². The van der Waals surface area contributed by atoms with E-state index in [9.17, 15) is 19.2 Å². The fraction of sp³-hybridized carbons (Fsp3) is 0.588. The van der Waals surface area contributed by atoms with Crippen LogP contribution < -0.4 is 21.7 Å². The van der Waals surface area contributed by atoms with Gasteiger partial charge in [0.25, 0.3) is 0 Å². The normalized spacial score (nSPS) is 14.7. The molecule has 14 heteroatoms. The van der Waals surface area contributed by atoms with Gasteiger partial charge in [-0.1, -0.05) is 0 Å². The monoisotopic (exact) mass is 476 g/mol. The summed E-state index contributed by atoms with van der Waals surface area (Å²) in [5, 5.41) is 25.5. The summed E-state index contributed by atoms with van der Waals surface area (Å²) in [4.78, 5) is 55.5. The number of aromatic nitrogens is 2. The lowest BCUT2D eigenvalue weighted by Gasteiger charge is -2.24. The Morgan fingerprint density at radius 3 is 2.29 bits per heavy atom. The number of thiol groups is 1. The van der Waals surface area contributed by atoms with E-state index >= 15 is 0 Å². The van der Waals surface area contributed by atoms with Crippen LogP contribution in [-0.4, -0.2) is 92.4 Å². The van der Waals surface area contributed by atoms with Gasteiger partial charge in [-0.3, -0.25) is 14.4 Å². The molecule has 1 aromatic heterocycles. The van der Waals surface area contributed by atoms with Gasteiger partial charge in [0, 0.05) is 24.1 Å². The molecule has 0 radical (unpaired) electrons. The second kappa shape index (κ2) is 13.9. The largest absolute Gasteiger partial charge is 0.480 e. The molecular formula is C17H28N6O6S2. The summed E-state index contributed by atoms with van der Waals surface area (Å²) in [6.07, 6.45) is 4.96. The number of aliphatic hydroxyl groups excluding tert-OH is 1. The molecule has 0 aliphatic carbocycles. The maximum absolute atomic E-state index is 12.9. The summed E-state index contributed by atoms with van der Waals surface area (Å²) >= 11 is 5.36. The summed E-state index contributed by atoms with van der Waals surface area (Å²) < 4.78 is 0. The van der Waals surface area contributed by atoms with Gasteiger partial charge in [-0.15, -0.1) is 0 Å². The van der Waals surface area contributed by atoms with Crippen molar-refractivity contribution >= 4 is 48.1 Å². The van der Waals surface area contributed by atoms with Crippen LogP contribution in [0.15, 0.2) is 12.5 Å². The van der Waals surface area contributed by atoms with Crippen molar-refractivity contribution in [1.82, 2.24) is 25.9 Å². The zero-order valence-corrected chi connectivity index (χ0v) is 18.6. The van der Waals surface area contributed by atoms with E-state index in [2.05, 4.69) is 38.5 Å². The molecule has 1 heterocycles. The molecule has 4 atom stereocenters. The predicted octanol–water partition coefficient (Wildman–Crippen LogP) is -2.51. The molecule has 0 aromatic carbocycles. The number of amides is 3. The van der Waals surface area contributed by atoms with E-state index < -0.39 is 54.5 Å². The number of hydrogen-bond donors (Lipinski definition) is 8. The molecule has 8 N–H and O–H groups in total. The average molecular weight is 477 g/mol. The first-order valence-corrected chi connectivity index (χ1v) is 11.3. The number of rotatable bonds is 14. The Labute approximate surface area is 188 Å². The Balaban J connectivity index is 2.97. The van der Waals surface area contributed by atoms with Gasteiger partial charge in [-0.2, -0.15) is 24.4 Å². The van der Waals surface area contributed by atoms with Gasteiger partial charge < -0.3 is 36.9 Å². The maximum Gasteiger partial charge on any atom is 0.327 e. The molecule has 0 bridgehead atoms. The van der Waals surface area contributed by atoms with Crippen molar-refractivity contribution in [3.05, 3.63) is 18.2 Å². The third kappa shape index (κ3) is 9.16. The van der Waals surface area contributed by atoms with Crippen molar-refractivity contribution in [2.45, 2.75) is 37.0 Å². The zero-order chi connectivity index (χ0) is 23.4. The summed E-state index contributed by atoms with van der Waals surface area (Å²) in [5.74, 6) is -2.95. The molecule has 0 aliphatic rings. The number of hydrogen-bond acceptors (Lipinski definition) is 9. The first kappa shape index (κ1) is 26.7. The number of imidazole rings is 1. The van der Waals surface area contributed by atoms with Crippen LogP contribution in [0, 0.1) is 0 Å². The number of carbonyl (C=O) groups is 4. The highest BCUT2D eigenvalue weighted by Crippen LogP contribution is 2.05. The van der Waals surface area contributed by atoms with Gasteiger partial charge in [-0.05, 0) is 18.4 Å². The third-order valence-electron chi connectivity index (χ3n) is 4.19. The number of aliphatic carboxylic acids is 1. The molecule has 0 spiro atoms. The third-order valence-corrected chi connectivity index (χ3v) is 5.20. The molecule has 0 fully saturated rings. The van der Waals surface area contributed by atoms with Crippen LogP contribution in [0.25, 0.3) is 0 Å². The average Bonchev–Trinajstić information content (AvgIpc) is 3.26. The van der Waals surface area contributed by atoms with Gasteiger partial charge in [0.05, 0.1) is 12.9 Å². The standard InChI is InChI=1S/C17H28N6O6S2/c1-31-3-2-11(15(26)23-13(7-30)17(28)29)21-16(27)12(4-9-5-19-8-20-9)22-14(25)10(18)6-24/h5,8,10-13,24,30H,2-4,6-7,18H2,1H3,(H,19,20)(H,21,27)(H,22,25)(H,23,26)(H,28,29). The molecule has 3 amide bonds. The number of carbonyl (C=O) groups excluding carboxylic acids is 3. The topological polar surface area (TPSA) is 200 Å². The van der Waals surface area contributed by atoms with Crippen molar-refractivity contribution in [2.24, 2.45) is 5.73 Å². The Bertz CT molecular complexity index is 735. The maximum atomic E-state index is 12.9. The number of thioether (sulfide) groups is 1. The van der Waals surface area contributed by atoms with E-state index in [1.54, 1.807) is 0 Å². The first-order valence-electron chi connectivity index (χ1n) is 9.30. The predicted molar refractivity (Wildman–Crippen MR) is 118 cm³/mol. The number of aliphatic hydroxyl groups is 1. The van der Waals surface area contributed by atoms with Crippen LogP contribution in [0.2, 0.25) is 0 Å². The molecule has 1 aromatic rings. The molecule has 0 saturated carbocycles. The highest BCUT2D eigenvalue weighted by molar-refractivity contribution is 7.98. The summed E-state index contributed by atoms with van der Waals surface area (Å²) in [6.45, 7) is -0.608. The van der Waals surface area contributed by atoms with E-state index in [-0.39, 0.29) is 18.6 Å². The molecule has 0 saturated heterocycles. The molecule has 0 aliphatic heterocycles. The fourth-order valence-corrected chi connectivity index (χ4v) is 3.14. The lowest BCUT2D eigenvalue weighted by Crippen LogP contribution is -2.58. The van der Waals surface area contributed by atoms with E-state index in [0.29, 0.717) is 11.4 Å². The molecule has 12 nitrogen and oxygen atoms in total. The number of nitrogens with one attached hydrogen (secondary N) is 4. The van der Waals surface area contributed by atoms with Crippen LogP contribution in [0.4, 0.5) is 0 Å². The minimum Gasteiger partial charge on any atom is -0.480 e. The number of nitrogens with zero attached hydrogens (tertiary/aromatic N) is 1. The van der Waals surface area contributed by atoms with Crippen molar-refractivity contribution in [3.8, 4) is 0 Å². The van der Waals surface area contributed by atoms with Crippen LogP contribution in [0.3, 0.4) is 0 Å². The summed E-state index contributed by atoms with van der Waals surface area (Å²) in [6, 6.07) is -4.59. The summed E-state index contributed by atoms with van der Waals surface area (Å²) in [7, 11) is 0. The van der Waals surface area contributed by atoms with Gasteiger partial charge in [0.1, 0.15) is 24.2 Å². The SMILES string of the molecule is CSCCC(NC(=O)C(Cc1cnc[nH]1)NC(=O)C(N)CO)C(=O)NC(CS)C(=O)O. The first-order chi connectivity index (χ1) is 14.7. The minimum absolute atomic E-state index is 0.0287. The smallest absolute Gasteiger partial charge is 0.327 e. The van der Waals surface area contributed by atoms with E-state index in [0.717, 1.165) is 0 Å². The second-order valence-corrected chi connectivity index (χ2v) is 7.91. The minimum atomic E-state index is -1.25. The Morgan fingerprint density at radius 2 is 1.77 bits per heavy atom. The molecule has 4 unspecified atom stereocenters. The van der Waals surface area contributed by atoms with Crippen molar-refractivity contribution < 1.29 is 29.4 Å². The lowest BCUT2D eigenvalue weighted by molar-refractivity contribution is -0.141. The van der Waals surface area contributed by atoms with E-state index in [4.69, 9.17) is 15.9 Å². The Kier molecular flexibility index (Phi) is 12.0. The quantitative estimate of drug-likeness (QED) is 0.134. The Morgan fingerprint density at radius 1 is 1.16 bits per heavy atom. The van der Waals surface area contributed by atoms with Gasteiger partial charge in [-0.25, -0.2) is 9.78 Å². The van der Waals surface area contributed by atoms with Crippen LogP contribution in [0.5, 0.6) is 0 Å². The number of aromatic amines is 1. The number of H-pyrrole nitrogens is 1. The molecular weight excluding hydrogens is 448 g/mol. The molecule has 174 valence electrons. The van der Waals surface area contributed by atoms with Gasteiger partial charge in [0.2, 0.25) is 17.7 Å². The van der Waals surface area contributed by atoms with E-state index in [1.165, 1.54) is 24.3 Å². The van der Waals surface area contributed by atoms with Crippen LogP contribution in [-0.2, 0) is 25.6 Å². The fourth-order valence-electron chi connectivity index (χ4n) is 2.42. The van der Waals surface area contributed by atoms with Crippen LogP contribution in [0.1, 0.15) is 12.1 Å². The number of carboxylic acid groups (broad SMARTS) is 1. The lowest BCUT2D eigenvalue weighted by atomic mass is 10.1. The van der Waals surface area contributed by atoms with Crippen molar-refractivity contribution in [2.75, 3.05) is 24.4 Å². The van der Waals surface area contributed by atoms with Gasteiger partial charge >= 0.3 is 5.97 Å².